The zero-order valence-corrected chi connectivity index (χ0v) is 12.9. The first-order valence-corrected chi connectivity index (χ1v) is 8.53. The van der Waals surface area contributed by atoms with Gasteiger partial charge in [0, 0.05) is 13.1 Å². The Kier molecular flexibility index (Phi) is 4.84. The maximum Gasteiger partial charge on any atom is 0.416 e. The molecule has 4 nitrogen and oxygen atoms in total. The van der Waals surface area contributed by atoms with Gasteiger partial charge < -0.3 is 5.11 Å². The lowest BCUT2D eigenvalue weighted by Crippen LogP contribution is -2.32. The van der Waals surface area contributed by atoms with Crippen LogP contribution in [0.1, 0.15) is 24.5 Å². The van der Waals surface area contributed by atoms with Crippen molar-refractivity contribution in [2.45, 2.75) is 31.4 Å². The van der Waals surface area contributed by atoms with E-state index in [1.165, 1.54) is 18.2 Å². The molecule has 1 fully saturated rings. The van der Waals surface area contributed by atoms with Gasteiger partial charge in [-0.2, -0.15) is 13.2 Å². The summed E-state index contributed by atoms with van der Waals surface area (Å²) in [6.45, 7) is 1.96. The zero-order chi connectivity index (χ0) is 16.5. The van der Waals surface area contributed by atoms with E-state index in [-0.39, 0.29) is 24.6 Å². The molecule has 1 N–H and O–H groups in total. The van der Waals surface area contributed by atoms with Crippen molar-refractivity contribution in [1.82, 2.24) is 4.31 Å². The molecule has 1 saturated heterocycles. The fourth-order valence-electron chi connectivity index (χ4n) is 2.61. The molecular weight excluding hydrogens is 319 g/mol. The van der Waals surface area contributed by atoms with Crippen LogP contribution in [0.5, 0.6) is 0 Å². The van der Waals surface area contributed by atoms with Crippen LogP contribution in [0.2, 0.25) is 0 Å². The van der Waals surface area contributed by atoms with Gasteiger partial charge in [-0.05, 0) is 30.9 Å². The highest BCUT2D eigenvalue weighted by atomic mass is 32.2. The normalized spacial score (nSPS) is 22.0. The van der Waals surface area contributed by atoms with Gasteiger partial charge in [0.25, 0.3) is 0 Å². The van der Waals surface area contributed by atoms with E-state index in [0.717, 1.165) is 10.4 Å². The average molecular weight is 337 g/mol. The molecule has 1 aromatic rings. The second kappa shape index (κ2) is 6.17. The molecule has 0 saturated carbocycles. The van der Waals surface area contributed by atoms with Crippen molar-refractivity contribution >= 4 is 10.0 Å². The number of aliphatic hydroxyl groups is 1. The second-order valence-corrected chi connectivity index (χ2v) is 7.53. The molecular formula is C14H18F3NO3S. The minimum Gasteiger partial charge on any atom is -0.393 e. The van der Waals surface area contributed by atoms with Gasteiger partial charge in [0.2, 0.25) is 10.0 Å². The number of sulfonamides is 1. The van der Waals surface area contributed by atoms with Crippen LogP contribution in [-0.4, -0.2) is 37.0 Å². The van der Waals surface area contributed by atoms with E-state index in [1.54, 1.807) is 6.92 Å². The Morgan fingerprint density at radius 3 is 2.55 bits per heavy atom. The summed E-state index contributed by atoms with van der Waals surface area (Å²) in [5.74, 6) is -0.859. The number of rotatable bonds is 4. The molecule has 2 rings (SSSR count). The Morgan fingerprint density at radius 2 is 2.00 bits per heavy atom. The predicted molar refractivity (Wildman–Crippen MR) is 75.4 cm³/mol. The van der Waals surface area contributed by atoms with Crippen molar-refractivity contribution in [1.29, 1.82) is 0 Å². The van der Waals surface area contributed by atoms with Crippen molar-refractivity contribution in [3.8, 4) is 0 Å². The molecule has 8 heteroatoms. The summed E-state index contributed by atoms with van der Waals surface area (Å²) in [6.07, 6.45) is -4.71. The Hall–Kier alpha value is -1.12. The standard InChI is InChI=1S/C14H18F3NO3S/c1-10(19)11-6-7-18(8-11)22(20,21)9-12-4-2-3-5-13(12)14(15,16)17/h2-5,10-11,19H,6-9H2,1H3. The van der Waals surface area contributed by atoms with Crippen molar-refractivity contribution in [2.75, 3.05) is 13.1 Å². The van der Waals surface area contributed by atoms with Crippen molar-refractivity contribution in [3.05, 3.63) is 35.4 Å². The van der Waals surface area contributed by atoms with Gasteiger partial charge in [0.15, 0.2) is 0 Å². The molecule has 2 unspecified atom stereocenters. The fraction of sp³-hybridized carbons (Fsp3) is 0.571. The van der Waals surface area contributed by atoms with E-state index in [2.05, 4.69) is 0 Å². The lowest BCUT2D eigenvalue weighted by molar-refractivity contribution is -0.138. The highest BCUT2D eigenvalue weighted by Crippen LogP contribution is 2.33. The quantitative estimate of drug-likeness (QED) is 0.917. The molecule has 0 aromatic heterocycles. The first-order valence-electron chi connectivity index (χ1n) is 6.92. The summed E-state index contributed by atoms with van der Waals surface area (Å²) in [5, 5.41) is 9.51. The Labute approximate surface area is 127 Å². The predicted octanol–water partition coefficient (Wildman–Crippen LogP) is 2.24. The molecule has 1 aromatic carbocycles. The molecule has 0 radical (unpaired) electrons. The monoisotopic (exact) mass is 337 g/mol. The number of hydrogen-bond acceptors (Lipinski definition) is 3. The second-order valence-electron chi connectivity index (χ2n) is 5.56. The first kappa shape index (κ1) is 17.2. The third-order valence-electron chi connectivity index (χ3n) is 3.92. The van der Waals surface area contributed by atoms with Crippen LogP contribution in [0.3, 0.4) is 0 Å². The van der Waals surface area contributed by atoms with E-state index in [1.807, 2.05) is 0 Å². The maximum atomic E-state index is 12.9. The molecule has 124 valence electrons. The van der Waals surface area contributed by atoms with E-state index < -0.39 is 33.6 Å². The minimum absolute atomic E-state index is 0.147. The molecule has 22 heavy (non-hydrogen) atoms. The zero-order valence-electron chi connectivity index (χ0n) is 12.0. The summed E-state index contributed by atoms with van der Waals surface area (Å²) in [6, 6.07) is 4.69. The number of benzene rings is 1. The highest BCUT2D eigenvalue weighted by Gasteiger charge is 2.37. The first-order chi connectivity index (χ1) is 10.1. The van der Waals surface area contributed by atoms with Crippen LogP contribution < -0.4 is 0 Å². The van der Waals surface area contributed by atoms with Crippen molar-refractivity contribution in [2.24, 2.45) is 5.92 Å². The highest BCUT2D eigenvalue weighted by molar-refractivity contribution is 7.88. The van der Waals surface area contributed by atoms with Gasteiger partial charge in [-0.3, -0.25) is 0 Å². The van der Waals surface area contributed by atoms with Crippen LogP contribution in [0.25, 0.3) is 0 Å². The number of hydrogen-bond donors (Lipinski definition) is 1. The lowest BCUT2D eigenvalue weighted by atomic mass is 10.0. The summed E-state index contributed by atoms with van der Waals surface area (Å²) in [5.41, 5.74) is -1.18. The van der Waals surface area contributed by atoms with Gasteiger partial charge >= 0.3 is 6.18 Å². The fourth-order valence-corrected chi connectivity index (χ4v) is 4.24. The number of halogens is 3. The van der Waals surface area contributed by atoms with Crippen molar-refractivity contribution < 1.29 is 26.7 Å². The van der Waals surface area contributed by atoms with Gasteiger partial charge in [0.05, 0.1) is 17.4 Å². The molecule has 0 amide bonds. The largest absolute Gasteiger partial charge is 0.416 e. The van der Waals surface area contributed by atoms with Crippen LogP contribution in [0.4, 0.5) is 13.2 Å². The molecule has 0 spiro atoms. The third kappa shape index (κ3) is 3.80. The van der Waals surface area contributed by atoms with Gasteiger partial charge in [0.1, 0.15) is 0 Å². The minimum atomic E-state index is -4.58. The molecule has 1 aliphatic rings. The Morgan fingerprint density at radius 1 is 1.36 bits per heavy atom. The summed E-state index contributed by atoms with van der Waals surface area (Å²) < 4.78 is 64.6. The van der Waals surface area contributed by atoms with Crippen LogP contribution >= 0.6 is 0 Å². The van der Waals surface area contributed by atoms with Crippen LogP contribution in [-0.2, 0) is 22.0 Å². The van der Waals surface area contributed by atoms with Crippen LogP contribution in [0, 0.1) is 5.92 Å². The van der Waals surface area contributed by atoms with E-state index in [0.29, 0.717) is 6.42 Å². The summed E-state index contributed by atoms with van der Waals surface area (Å²) >= 11 is 0. The maximum absolute atomic E-state index is 12.9. The van der Waals surface area contributed by atoms with Gasteiger partial charge in [-0.15, -0.1) is 0 Å². The van der Waals surface area contributed by atoms with Crippen molar-refractivity contribution in [3.63, 3.8) is 0 Å². The van der Waals surface area contributed by atoms with E-state index in [9.17, 15) is 26.7 Å². The summed E-state index contributed by atoms with van der Waals surface area (Å²) in [7, 11) is -3.84. The summed E-state index contributed by atoms with van der Waals surface area (Å²) in [4.78, 5) is 0. The van der Waals surface area contributed by atoms with Gasteiger partial charge in [-0.1, -0.05) is 18.2 Å². The number of alkyl halides is 3. The Balaban J connectivity index is 2.21. The molecule has 0 aliphatic carbocycles. The van der Waals surface area contributed by atoms with E-state index >= 15 is 0 Å². The topological polar surface area (TPSA) is 57.6 Å². The molecule has 1 heterocycles. The molecule has 0 bridgehead atoms. The van der Waals surface area contributed by atoms with Crippen LogP contribution in [0.15, 0.2) is 24.3 Å². The third-order valence-corrected chi connectivity index (χ3v) is 5.72. The average Bonchev–Trinajstić information content (AvgIpc) is 2.88. The lowest BCUT2D eigenvalue weighted by Gasteiger charge is -2.19. The molecule has 2 atom stereocenters. The molecule has 1 aliphatic heterocycles. The number of nitrogens with zero attached hydrogens (tertiary/aromatic N) is 1. The smallest absolute Gasteiger partial charge is 0.393 e. The van der Waals surface area contributed by atoms with Gasteiger partial charge in [-0.25, -0.2) is 12.7 Å². The van der Waals surface area contributed by atoms with E-state index in [4.69, 9.17) is 0 Å². The Bertz CT molecular complexity index is 628. The number of aliphatic hydroxyl groups excluding tert-OH is 1. The SMILES string of the molecule is CC(O)C1CCN(S(=O)(=O)Cc2ccccc2C(F)(F)F)C1.